The van der Waals surface area contributed by atoms with Crippen LogP contribution in [0.3, 0.4) is 0 Å². The van der Waals surface area contributed by atoms with Gasteiger partial charge >= 0.3 is 0 Å². The summed E-state index contributed by atoms with van der Waals surface area (Å²) in [5, 5.41) is 4.15. The summed E-state index contributed by atoms with van der Waals surface area (Å²) < 4.78 is 8.62. The summed E-state index contributed by atoms with van der Waals surface area (Å²) in [6.07, 6.45) is 12.1. The van der Waals surface area contributed by atoms with Crippen molar-refractivity contribution >= 4 is 34.9 Å². The lowest BCUT2D eigenvalue weighted by Crippen LogP contribution is -2.26. The molecule has 1 amide bonds. The fraction of sp³-hybridized carbons (Fsp3) is 0.435. The van der Waals surface area contributed by atoms with E-state index in [1.165, 1.54) is 24.2 Å². The van der Waals surface area contributed by atoms with Gasteiger partial charge in [0.25, 0.3) is 5.91 Å². The van der Waals surface area contributed by atoms with Gasteiger partial charge in [0.15, 0.2) is 5.01 Å². The quantitative estimate of drug-likeness (QED) is 0.298. The first kappa shape index (κ1) is 25.9. The number of nitrogens with one attached hydrogen (secondary N) is 2. The molecule has 1 aliphatic rings. The number of ether oxygens (including phenoxy) is 1. The number of hydrogen-bond acceptors (Lipinski definition) is 10. The predicted octanol–water partition coefficient (Wildman–Crippen LogP) is 3.98. The molecule has 3 aromatic heterocycles. The van der Waals surface area contributed by atoms with Crippen molar-refractivity contribution in [2.45, 2.75) is 31.4 Å². The molecular formula is C23H31N7O2S2. The Balaban J connectivity index is 0.000000243. The lowest BCUT2D eigenvalue weighted by atomic mass is 10.4. The number of carbonyl (C=O) groups is 1. The lowest BCUT2D eigenvalue weighted by Gasteiger charge is -2.08. The minimum absolute atomic E-state index is 0.158. The lowest BCUT2D eigenvalue weighted by molar-refractivity contribution is 0.0952. The average molecular weight is 502 g/mol. The van der Waals surface area contributed by atoms with Gasteiger partial charge in [0, 0.05) is 36.1 Å². The highest BCUT2D eigenvalue weighted by Gasteiger charge is 2.21. The fourth-order valence-corrected chi connectivity index (χ4v) is 4.21. The molecule has 0 bridgehead atoms. The Labute approximate surface area is 208 Å². The van der Waals surface area contributed by atoms with Crippen LogP contribution in [0.4, 0.5) is 5.69 Å². The molecule has 0 radical (unpaired) electrons. The van der Waals surface area contributed by atoms with Gasteiger partial charge in [-0.15, -0.1) is 11.3 Å². The summed E-state index contributed by atoms with van der Waals surface area (Å²) >= 11 is 3.11. The molecule has 4 rings (SSSR count). The molecule has 9 nitrogen and oxygen atoms in total. The summed E-state index contributed by atoms with van der Waals surface area (Å²) in [6.45, 7) is 3.98. The molecule has 11 heteroatoms. The van der Waals surface area contributed by atoms with Crippen molar-refractivity contribution in [2.75, 3.05) is 38.5 Å². The van der Waals surface area contributed by atoms with Gasteiger partial charge in [-0.25, -0.2) is 9.97 Å². The fourth-order valence-electron chi connectivity index (χ4n) is 2.61. The Morgan fingerprint density at radius 2 is 2.00 bits per heavy atom. The maximum absolute atomic E-state index is 12.1. The van der Waals surface area contributed by atoms with E-state index in [4.69, 9.17) is 4.74 Å². The van der Waals surface area contributed by atoms with E-state index in [0.717, 1.165) is 28.8 Å². The first-order valence-electron chi connectivity index (χ1n) is 11.2. The Kier molecular flexibility index (Phi) is 10.5. The molecule has 2 N–H and O–H groups in total. The number of aromatic nitrogens is 4. The van der Waals surface area contributed by atoms with Gasteiger partial charge in [-0.3, -0.25) is 14.8 Å². The number of thiazole rings is 1. The van der Waals surface area contributed by atoms with Gasteiger partial charge in [0.05, 0.1) is 23.9 Å². The van der Waals surface area contributed by atoms with Crippen LogP contribution in [0.2, 0.25) is 0 Å². The monoisotopic (exact) mass is 501 g/mol. The molecule has 1 aliphatic carbocycles. The molecule has 0 aliphatic heterocycles. The molecule has 3 aromatic rings. The maximum Gasteiger partial charge on any atom is 0.280 e. The topological polar surface area (TPSA) is 105 Å². The van der Waals surface area contributed by atoms with Gasteiger partial charge in [-0.2, -0.15) is 0 Å². The number of rotatable bonds is 11. The Morgan fingerprint density at radius 3 is 2.71 bits per heavy atom. The van der Waals surface area contributed by atoms with Crippen LogP contribution in [0.15, 0.2) is 43.1 Å². The standard InChI is InChI=1S/C15H21N5O2S.C8H10N2S/c1-4-22-13-10-16-8-11(19-13)12-9-18-15(23-12)14(21)17-6-5-7-20(2)3;1-2-8(1)11-10-7-3-5-9-6-4-7/h8-10H,4-7H2,1-3H3,(H,17,21);3-6,8H,1-2H2,(H,9,10). The van der Waals surface area contributed by atoms with E-state index in [0.29, 0.717) is 29.7 Å². The molecule has 0 saturated heterocycles. The molecular weight excluding hydrogens is 470 g/mol. The molecule has 182 valence electrons. The van der Waals surface area contributed by atoms with Crippen molar-refractivity contribution in [3.8, 4) is 16.5 Å². The van der Waals surface area contributed by atoms with Gasteiger partial charge in [0.2, 0.25) is 5.88 Å². The number of pyridine rings is 1. The van der Waals surface area contributed by atoms with Crippen LogP contribution in [0, 0.1) is 0 Å². The van der Waals surface area contributed by atoms with E-state index in [9.17, 15) is 4.79 Å². The Bertz CT molecular complexity index is 1010. The molecule has 34 heavy (non-hydrogen) atoms. The first-order chi connectivity index (χ1) is 16.5. The number of amides is 1. The minimum atomic E-state index is -0.158. The molecule has 0 aromatic carbocycles. The van der Waals surface area contributed by atoms with E-state index in [-0.39, 0.29) is 5.91 Å². The van der Waals surface area contributed by atoms with Crippen molar-refractivity contribution in [2.24, 2.45) is 0 Å². The van der Waals surface area contributed by atoms with Gasteiger partial charge in [-0.05, 0) is 70.9 Å². The zero-order valence-electron chi connectivity index (χ0n) is 19.7. The number of anilines is 1. The molecule has 1 fully saturated rings. The maximum atomic E-state index is 12.1. The van der Waals surface area contributed by atoms with Crippen molar-refractivity contribution in [1.82, 2.24) is 30.2 Å². The third-order valence-electron chi connectivity index (χ3n) is 4.47. The zero-order valence-corrected chi connectivity index (χ0v) is 21.4. The second kappa shape index (κ2) is 13.8. The summed E-state index contributed by atoms with van der Waals surface area (Å²) in [6, 6.07) is 3.96. The second-order valence-electron chi connectivity index (χ2n) is 7.77. The molecule has 1 saturated carbocycles. The minimum Gasteiger partial charge on any atom is -0.477 e. The number of nitrogens with zero attached hydrogens (tertiary/aromatic N) is 5. The molecule has 0 spiro atoms. The van der Waals surface area contributed by atoms with E-state index in [1.54, 1.807) is 31.0 Å². The summed E-state index contributed by atoms with van der Waals surface area (Å²) in [7, 11) is 4.01. The summed E-state index contributed by atoms with van der Waals surface area (Å²) in [5.41, 5.74) is 1.80. The van der Waals surface area contributed by atoms with Crippen molar-refractivity contribution in [3.05, 3.63) is 48.1 Å². The summed E-state index contributed by atoms with van der Waals surface area (Å²) in [5.74, 6) is 0.307. The van der Waals surface area contributed by atoms with E-state index >= 15 is 0 Å². The highest BCUT2D eigenvalue weighted by atomic mass is 32.2. The van der Waals surface area contributed by atoms with E-state index in [1.807, 2.05) is 45.1 Å². The normalized spacial score (nSPS) is 12.6. The van der Waals surface area contributed by atoms with Crippen LogP contribution in [-0.4, -0.2) is 69.8 Å². The first-order valence-corrected chi connectivity index (χ1v) is 12.9. The predicted molar refractivity (Wildman–Crippen MR) is 138 cm³/mol. The third kappa shape index (κ3) is 9.24. The van der Waals surface area contributed by atoms with Gasteiger partial charge < -0.3 is 19.7 Å². The number of carbonyl (C=O) groups excluding carboxylic acids is 1. The summed E-state index contributed by atoms with van der Waals surface area (Å²) in [4.78, 5) is 31.5. The number of hydrogen-bond donors (Lipinski definition) is 2. The smallest absolute Gasteiger partial charge is 0.280 e. The second-order valence-corrected chi connectivity index (χ2v) is 9.91. The van der Waals surface area contributed by atoms with Crippen molar-refractivity contribution in [1.29, 1.82) is 0 Å². The van der Waals surface area contributed by atoms with Crippen molar-refractivity contribution < 1.29 is 9.53 Å². The molecule has 3 heterocycles. The molecule has 0 unspecified atom stereocenters. The van der Waals surface area contributed by atoms with E-state index < -0.39 is 0 Å². The largest absolute Gasteiger partial charge is 0.477 e. The van der Waals surface area contributed by atoms with Crippen LogP contribution in [-0.2, 0) is 0 Å². The van der Waals surface area contributed by atoms with Gasteiger partial charge in [-0.1, -0.05) is 0 Å². The van der Waals surface area contributed by atoms with Crippen molar-refractivity contribution in [3.63, 3.8) is 0 Å². The molecule has 0 atom stereocenters. The van der Waals surface area contributed by atoms with Crippen LogP contribution >= 0.6 is 23.3 Å². The zero-order chi connectivity index (χ0) is 24.2. The highest BCUT2D eigenvalue weighted by molar-refractivity contribution is 8.01. The average Bonchev–Trinajstić information content (AvgIpc) is 3.55. The van der Waals surface area contributed by atoms with Crippen LogP contribution in [0.25, 0.3) is 10.6 Å². The van der Waals surface area contributed by atoms with Crippen LogP contribution in [0.1, 0.15) is 36.0 Å². The Morgan fingerprint density at radius 1 is 1.21 bits per heavy atom. The highest BCUT2D eigenvalue weighted by Crippen LogP contribution is 2.34. The van der Waals surface area contributed by atoms with Crippen LogP contribution < -0.4 is 14.8 Å². The SMILES string of the molecule is CCOc1cncc(-c2cnc(C(=O)NCCCN(C)C)s2)n1.c1cc(NSC2CC2)ccn1. The third-order valence-corrected chi connectivity index (χ3v) is 6.65. The van der Waals surface area contributed by atoms with Crippen LogP contribution in [0.5, 0.6) is 5.88 Å². The van der Waals surface area contributed by atoms with E-state index in [2.05, 4.69) is 34.9 Å². The van der Waals surface area contributed by atoms with Gasteiger partial charge in [0.1, 0.15) is 5.69 Å². The Hall–Kier alpha value is -2.76.